The molecule has 0 saturated heterocycles. The standard InChI is InChI=1S/C13H18N/c1-10-8-11(2)13(12(3)9-10)14-6-4-5-7-14/h6,8-9H,4-5,7H2,1-3H3/q+1. The summed E-state index contributed by atoms with van der Waals surface area (Å²) in [5.74, 6) is 0. The molecule has 0 radical (unpaired) electrons. The van der Waals surface area contributed by atoms with E-state index < -0.39 is 0 Å². The Kier molecular flexibility index (Phi) is 2.40. The second-order valence-electron chi connectivity index (χ2n) is 4.27. The molecular weight excluding hydrogens is 170 g/mol. The fourth-order valence-corrected chi connectivity index (χ4v) is 2.43. The van der Waals surface area contributed by atoms with Gasteiger partial charge in [0.25, 0.3) is 0 Å². The van der Waals surface area contributed by atoms with Gasteiger partial charge in [0.15, 0.2) is 0 Å². The fourth-order valence-electron chi connectivity index (χ4n) is 2.43. The van der Waals surface area contributed by atoms with Crippen molar-refractivity contribution in [3.63, 3.8) is 0 Å². The molecule has 14 heavy (non-hydrogen) atoms. The number of hydrogen-bond acceptors (Lipinski definition) is 0. The van der Waals surface area contributed by atoms with E-state index in [1.165, 1.54) is 41.8 Å². The molecule has 1 heteroatoms. The van der Waals surface area contributed by atoms with Crippen LogP contribution in [0.15, 0.2) is 12.1 Å². The summed E-state index contributed by atoms with van der Waals surface area (Å²) in [5.41, 5.74) is 5.59. The Labute approximate surface area is 86.1 Å². The first-order chi connectivity index (χ1) is 6.68. The smallest absolute Gasteiger partial charge is 0.202 e. The summed E-state index contributed by atoms with van der Waals surface area (Å²) in [7, 11) is 0. The first-order valence-corrected chi connectivity index (χ1v) is 5.36. The van der Waals surface area contributed by atoms with E-state index in [-0.39, 0.29) is 0 Å². The van der Waals surface area contributed by atoms with Crippen molar-refractivity contribution in [1.29, 1.82) is 0 Å². The minimum absolute atomic E-state index is 1.19. The van der Waals surface area contributed by atoms with Crippen LogP contribution in [0.3, 0.4) is 0 Å². The second kappa shape index (κ2) is 3.56. The number of hydrogen-bond donors (Lipinski definition) is 0. The summed E-state index contributed by atoms with van der Waals surface area (Å²) in [6.45, 7) is 7.77. The second-order valence-corrected chi connectivity index (χ2v) is 4.27. The van der Waals surface area contributed by atoms with Crippen molar-refractivity contribution < 1.29 is 4.58 Å². The van der Waals surface area contributed by atoms with Crippen LogP contribution in [0.5, 0.6) is 0 Å². The topological polar surface area (TPSA) is 3.01 Å². The van der Waals surface area contributed by atoms with Gasteiger partial charge in [-0.1, -0.05) is 5.56 Å². The van der Waals surface area contributed by atoms with Crippen molar-refractivity contribution in [2.45, 2.75) is 33.6 Å². The Hall–Kier alpha value is -1.11. The van der Waals surface area contributed by atoms with E-state index in [1.54, 1.807) is 0 Å². The molecule has 0 saturated carbocycles. The molecule has 1 aliphatic rings. The molecule has 0 atom stereocenters. The van der Waals surface area contributed by atoms with E-state index in [4.69, 9.17) is 0 Å². The van der Waals surface area contributed by atoms with Gasteiger partial charge >= 0.3 is 0 Å². The van der Waals surface area contributed by atoms with Crippen LogP contribution >= 0.6 is 0 Å². The van der Waals surface area contributed by atoms with E-state index in [2.05, 4.69) is 43.7 Å². The molecule has 0 fully saturated rings. The quantitative estimate of drug-likeness (QED) is 0.596. The molecule has 0 N–H and O–H groups in total. The van der Waals surface area contributed by atoms with Crippen LogP contribution in [0.1, 0.15) is 29.5 Å². The maximum atomic E-state index is 2.41. The summed E-state index contributed by atoms with van der Waals surface area (Å²) in [6, 6.07) is 4.54. The number of rotatable bonds is 1. The predicted molar refractivity (Wildman–Crippen MR) is 60.7 cm³/mol. The summed E-state index contributed by atoms with van der Waals surface area (Å²) in [5, 5.41) is 0. The SMILES string of the molecule is Cc1cc(C)c([N+]2=CCCC2)c(C)c1. The van der Waals surface area contributed by atoms with Crippen LogP contribution < -0.4 is 0 Å². The molecule has 0 aromatic heterocycles. The maximum Gasteiger partial charge on any atom is 0.210 e. The molecule has 0 aliphatic carbocycles. The lowest BCUT2D eigenvalue weighted by Crippen LogP contribution is -2.04. The molecule has 1 nitrogen and oxygen atoms in total. The zero-order chi connectivity index (χ0) is 10.1. The van der Waals surface area contributed by atoms with Crippen LogP contribution in [0.4, 0.5) is 5.69 Å². The maximum absolute atomic E-state index is 2.41. The average molecular weight is 188 g/mol. The van der Waals surface area contributed by atoms with Gasteiger partial charge in [-0.15, -0.1) is 0 Å². The Morgan fingerprint density at radius 2 is 1.71 bits per heavy atom. The average Bonchev–Trinajstić information content (AvgIpc) is 2.54. The van der Waals surface area contributed by atoms with Crippen molar-refractivity contribution in [2.24, 2.45) is 0 Å². The van der Waals surface area contributed by atoms with Crippen molar-refractivity contribution in [1.82, 2.24) is 0 Å². The number of nitrogens with zero attached hydrogens (tertiary/aromatic N) is 1. The summed E-state index contributed by atoms with van der Waals surface area (Å²) < 4.78 is 2.41. The van der Waals surface area contributed by atoms with E-state index in [0.29, 0.717) is 0 Å². The van der Waals surface area contributed by atoms with Crippen molar-refractivity contribution >= 4 is 11.9 Å². The van der Waals surface area contributed by atoms with Gasteiger partial charge < -0.3 is 0 Å². The summed E-state index contributed by atoms with van der Waals surface area (Å²) >= 11 is 0. The minimum atomic E-state index is 1.19. The third-order valence-corrected chi connectivity index (χ3v) is 2.88. The fraction of sp³-hybridized carbons (Fsp3) is 0.462. The molecule has 1 heterocycles. The molecule has 1 aliphatic heterocycles. The highest BCUT2D eigenvalue weighted by atomic mass is 15.0. The van der Waals surface area contributed by atoms with Gasteiger partial charge in [-0.2, -0.15) is 0 Å². The molecule has 0 bridgehead atoms. The van der Waals surface area contributed by atoms with Gasteiger partial charge in [0.1, 0.15) is 12.8 Å². The molecule has 2 rings (SSSR count). The zero-order valence-corrected chi connectivity index (χ0v) is 9.30. The molecule has 74 valence electrons. The van der Waals surface area contributed by atoms with Gasteiger partial charge in [-0.05, 0) is 32.9 Å². The van der Waals surface area contributed by atoms with Gasteiger partial charge in [0.2, 0.25) is 5.69 Å². The highest BCUT2D eigenvalue weighted by Gasteiger charge is 2.19. The van der Waals surface area contributed by atoms with Gasteiger partial charge in [-0.3, -0.25) is 0 Å². The molecular formula is C13H18N+. The van der Waals surface area contributed by atoms with E-state index in [1.807, 2.05) is 0 Å². The Bertz CT molecular complexity index is 365. The third-order valence-electron chi connectivity index (χ3n) is 2.88. The Morgan fingerprint density at radius 1 is 1.07 bits per heavy atom. The lowest BCUT2D eigenvalue weighted by atomic mass is 10.0. The van der Waals surface area contributed by atoms with Crippen LogP contribution in [0, 0.1) is 20.8 Å². The van der Waals surface area contributed by atoms with Crippen molar-refractivity contribution in [3.05, 3.63) is 28.8 Å². The van der Waals surface area contributed by atoms with Crippen LogP contribution in [-0.2, 0) is 0 Å². The van der Waals surface area contributed by atoms with Gasteiger partial charge in [0, 0.05) is 24.0 Å². The highest BCUT2D eigenvalue weighted by molar-refractivity contribution is 5.58. The van der Waals surface area contributed by atoms with Crippen molar-refractivity contribution in [3.8, 4) is 0 Å². The normalized spacial score (nSPS) is 15.8. The molecule has 0 spiro atoms. The van der Waals surface area contributed by atoms with Gasteiger partial charge in [-0.25, -0.2) is 4.58 Å². The predicted octanol–water partition coefficient (Wildman–Crippen LogP) is 3.12. The third kappa shape index (κ3) is 1.59. The lowest BCUT2D eigenvalue weighted by molar-refractivity contribution is -0.427. The van der Waals surface area contributed by atoms with Gasteiger partial charge in [0.05, 0.1) is 0 Å². The number of benzene rings is 1. The van der Waals surface area contributed by atoms with E-state index in [0.717, 1.165) is 0 Å². The summed E-state index contributed by atoms with van der Waals surface area (Å²) in [6.07, 6.45) is 4.85. The lowest BCUT2D eigenvalue weighted by Gasteiger charge is -2.06. The molecule has 0 unspecified atom stereocenters. The molecule has 1 aromatic rings. The molecule has 0 amide bonds. The summed E-state index contributed by atoms with van der Waals surface area (Å²) in [4.78, 5) is 0. The van der Waals surface area contributed by atoms with E-state index >= 15 is 0 Å². The largest absolute Gasteiger partial charge is 0.210 e. The Balaban J connectivity index is 2.52. The van der Waals surface area contributed by atoms with E-state index in [9.17, 15) is 0 Å². The molecule has 1 aromatic carbocycles. The first kappa shape index (κ1) is 9.45. The monoisotopic (exact) mass is 188 g/mol. The first-order valence-electron chi connectivity index (χ1n) is 5.36. The van der Waals surface area contributed by atoms with Crippen LogP contribution in [0.25, 0.3) is 0 Å². The van der Waals surface area contributed by atoms with Crippen LogP contribution in [0.2, 0.25) is 0 Å². The zero-order valence-electron chi connectivity index (χ0n) is 9.30. The van der Waals surface area contributed by atoms with Crippen molar-refractivity contribution in [2.75, 3.05) is 6.54 Å². The number of aryl methyl sites for hydroxylation is 3. The Morgan fingerprint density at radius 3 is 2.21 bits per heavy atom. The highest BCUT2D eigenvalue weighted by Crippen LogP contribution is 2.26. The van der Waals surface area contributed by atoms with Crippen LogP contribution in [-0.4, -0.2) is 17.3 Å². The minimum Gasteiger partial charge on any atom is -0.202 e.